The van der Waals surface area contributed by atoms with Gasteiger partial charge in [0.15, 0.2) is 0 Å². The predicted molar refractivity (Wildman–Crippen MR) is 85.4 cm³/mol. The summed E-state index contributed by atoms with van der Waals surface area (Å²) in [6.45, 7) is 1.81. The minimum absolute atomic E-state index is 0.00713. The van der Waals surface area contributed by atoms with E-state index in [9.17, 15) is 14.9 Å². The molecule has 2 rings (SSSR count). The minimum atomic E-state index is -0.623. The van der Waals surface area contributed by atoms with E-state index in [1.807, 2.05) is 6.92 Å². The van der Waals surface area contributed by atoms with Gasteiger partial charge in [-0.2, -0.15) is 0 Å². The second kappa shape index (κ2) is 6.77. The number of hydrogen-bond acceptors (Lipinski definition) is 3. The lowest BCUT2D eigenvalue weighted by Gasteiger charge is -2.14. The van der Waals surface area contributed by atoms with E-state index in [4.69, 9.17) is 23.2 Å². The highest BCUT2D eigenvalue weighted by molar-refractivity contribution is 6.32. The summed E-state index contributed by atoms with van der Waals surface area (Å²) in [5, 5.41) is 14.2. The highest BCUT2D eigenvalue weighted by Crippen LogP contribution is 2.25. The van der Waals surface area contributed by atoms with Gasteiger partial charge in [0.1, 0.15) is 5.02 Å². The van der Waals surface area contributed by atoms with Gasteiger partial charge in [-0.15, -0.1) is 0 Å². The maximum Gasteiger partial charge on any atom is 0.288 e. The Hall–Kier alpha value is -2.11. The van der Waals surface area contributed by atoms with Gasteiger partial charge in [-0.25, -0.2) is 0 Å². The Kier molecular flexibility index (Phi) is 5.00. The summed E-state index contributed by atoms with van der Waals surface area (Å²) >= 11 is 11.5. The van der Waals surface area contributed by atoms with E-state index < -0.39 is 10.8 Å². The smallest absolute Gasteiger partial charge is 0.288 e. The van der Waals surface area contributed by atoms with E-state index in [1.165, 1.54) is 12.1 Å². The lowest BCUT2D eigenvalue weighted by atomic mass is 10.1. The highest BCUT2D eigenvalue weighted by Gasteiger charge is 2.17. The third-order valence-corrected chi connectivity index (χ3v) is 3.69. The number of rotatable bonds is 4. The number of nitrogens with one attached hydrogen (secondary N) is 1. The molecule has 0 bridgehead atoms. The molecule has 114 valence electrons. The van der Waals surface area contributed by atoms with Crippen molar-refractivity contribution in [3.63, 3.8) is 0 Å². The fraction of sp³-hybridized carbons (Fsp3) is 0.133. The number of hydrogen-bond donors (Lipinski definition) is 1. The number of nitro groups is 1. The number of halogens is 2. The molecular formula is C15H12Cl2N2O3. The van der Waals surface area contributed by atoms with Crippen LogP contribution in [0, 0.1) is 10.1 Å². The summed E-state index contributed by atoms with van der Waals surface area (Å²) in [7, 11) is 0. The first-order valence-electron chi connectivity index (χ1n) is 6.38. The van der Waals surface area contributed by atoms with E-state index in [2.05, 4.69) is 5.32 Å². The molecule has 0 fully saturated rings. The summed E-state index contributed by atoms with van der Waals surface area (Å²) in [5.74, 6) is -0.415. The molecule has 2 aromatic rings. The average Bonchev–Trinajstić information content (AvgIpc) is 2.47. The molecule has 0 aliphatic carbocycles. The molecule has 0 saturated heterocycles. The first kappa shape index (κ1) is 16.3. The van der Waals surface area contributed by atoms with Gasteiger partial charge in [0.2, 0.25) is 0 Å². The monoisotopic (exact) mass is 338 g/mol. The SMILES string of the molecule is C[C@@H](NC(=O)c1ccc(Cl)c([N+](=O)[O-])c1)c1ccc(Cl)cc1. The summed E-state index contributed by atoms with van der Waals surface area (Å²) in [6, 6.07) is 10.7. The second-order valence-corrected chi connectivity index (χ2v) is 5.51. The zero-order chi connectivity index (χ0) is 16.3. The topological polar surface area (TPSA) is 72.2 Å². The number of nitrogens with zero attached hydrogens (tertiary/aromatic N) is 1. The van der Waals surface area contributed by atoms with Crippen LogP contribution < -0.4 is 5.32 Å². The lowest BCUT2D eigenvalue weighted by Crippen LogP contribution is -2.26. The Morgan fingerprint density at radius 1 is 1.18 bits per heavy atom. The third-order valence-electron chi connectivity index (χ3n) is 3.12. The summed E-state index contributed by atoms with van der Waals surface area (Å²) < 4.78 is 0. The second-order valence-electron chi connectivity index (χ2n) is 4.67. The van der Waals surface area contributed by atoms with Gasteiger partial charge in [0.25, 0.3) is 11.6 Å². The van der Waals surface area contributed by atoms with Gasteiger partial charge in [0.05, 0.1) is 11.0 Å². The fourth-order valence-corrected chi connectivity index (χ4v) is 2.22. The molecule has 0 aromatic heterocycles. The van der Waals surface area contributed by atoms with Crippen LogP contribution in [0.25, 0.3) is 0 Å². The van der Waals surface area contributed by atoms with Crippen LogP contribution in [0.3, 0.4) is 0 Å². The van der Waals surface area contributed by atoms with E-state index in [0.717, 1.165) is 11.6 Å². The molecule has 0 aliphatic heterocycles. The molecule has 2 aromatic carbocycles. The predicted octanol–water partition coefficient (Wildman–Crippen LogP) is 4.39. The van der Waals surface area contributed by atoms with Crippen LogP contribution in [0.5, 0.6) is 0 Å². The number of carbonyl (C=O) groups is 1. The molecule has 7 heteroatoms. The van der Waals surface area contributed by atoms with Crippen molar-refractivity contribution in [2.75, 3.05) is 0 Å². The van der Waals surface area contributed by atoms with E-state index in [0.29, 0.717) is 5.02 Å². The van der Waals surface area contributed by atoms with Crippen LogP contribution in [0.15, 0.2) is 42.5 Å². The van der Waals surface area contributed by atoms with Crippen molar-refractivity contribution in [3.8, 4) is 0 Å². The van der Waals surface area contributed by atoms with Crippen molar-refractivity contribution in [3.05, 3.63) is 73.8 Å². The van der Waals surface area contributed by atoms with Crippen LogP contribution in [0.2, 0.25) is 10.0 Å². The van der Waals surface area contributed by atoms with Crippen molar-refractivity contribution in [2.45, 2.75) is 13.0 Å². The van der Waals surface area contributed by atoms with Gasteiger partial charge in [-0.3, -0.25) is 14.9 Å². The standard InChI is InChI=1S/C15H12Cl2N2O3/c1-9(10-2-5-12(16)6-3-10)18-15(20)11-4-7-13(17)14(8-11)19(21)22/h2-9H,1H3,(H,18,20)/t9-/m1/s1. The van der Waals surface area contributed by atoms with E-state index in [1.54, 1.807) is 24.3 Å². The van der Waals surface area contributed by atoms with Crippen LogP contribution in [0.1, 0.15) is 28.9 Å². The van der Waals surface area contributed by atoms with Crippen molar-refractivity contribution in [1.82, 2.24) is 5.32 Å². The van der Waals surface area contributed by atoms with Gasteiger partial charge < -0.3 is 5.32 Å². The molecule has 0 saturated carbocycles. The number of benzene rings is 2. The van der Waals surface area contributed by atoms with E-state index >= 15 is 0 Å². The average molecular weight is 339 g/mol. The molecule has 0 aliphatic rings. The summed E-state index contributed by atoms with van der Waals surface area (Å²) in [4.78, 5) is 22.4. The molecule has 1 atom stereocenters. The Balaban J connectivity index is 2.16. The molecule has 1 N–H and O–H groups in total. The third kappa shape index (κ3) is 3.75. The molecular weight excluding hydrogens is 327 g/mol. The Bertz CT molecular complexity index is 717. The Labute approximate surface area is 137 Å². The molecule has 22 heavy (non-hydrogen) atoms. The Morgan fingerprint density at radius 2 is 1.82 bits per heavy atom. The summed E-state index contributed by atoms with van der Waals surface area (Å²) in [6.07, 6.45) is 0. The molecule has 0 spiro atoms. The van der Waals surface area contributed by atoms with Gasteiger partial charge in [-0.1, -0.05) is 35.3 Å². The van der Waals surface area contributed by atoms with Crippen molar-refractivity contribution in [2.24, 2.45) is 0 Å². The van der Waals surface area contributed by atoms with Crippen molar-refractivity contribution in [1.29, 1.82) is 0 Å². The van der Waals surface area contributed by atoms with Crippen molar-refractivity contribution >= 4 is 34.8 Å². The molecule has 0 heterocycles. The van der Waals surface area contributed by atoms with Crippen LogP contribution >= 0.6 is 23.2 Å². The maximum atomic E-state index is 12.2. The zero-order valence-corrected chi connectivity index (χ0v) is 13.1. The fourth-order valence-electron chi connectivity index (χ4n) is 1.91. The lowest BCUT2D eigenvalue weighted by molar-refractivity contribution is -0.384. The molecule has 0 unspecified atom stereocenters. The van der Waals surface area contributed by atoms with Crippen LogP contribution in [-0.4, -0.2) is 10.8 Å². The first-order chi connectivity index (χ1) is 10.4. The van der Waals surface area contributed by atoms with E-state index in [-0.39, 0.29) is 22.3 Å². The minimum Gasteiger partial charge on any atom is -0.346 e. The molecule has 1 amide bonds. The number of amides is 1. The van der Waals surface area contributed by atoms with Crippen LogP contribution in [0.4, 0.5) is 5.69 Å². The highest BCUT2D eigenvalue weighted by atomic mass is 35.5. The zero-order valence-electron chi connectivity index (χ0n) is 11.5. The normalized spacial score (nSPS) is 11.8. The molecule has 5 nitrogen and oxygen atoms in total. The first-order valence-corrected chi connectivity index (χ1v) is 7.14. The number of nitro benzene ring substituents is 1. The molecule has 0 radical (unpaired) electrons. The van der Waals surface area contributed by atoms with Gasteiger partial charge in [-0.05, 0) is 36.8 Å². The largest absolute Gasteiger partial charge is 0.346 e. The maximum absolute atomic E-state index is 12.2. The number of carbonyl (C=O) groups excluding carboxylic acids is 1. The van der Waals surface area contributed by atoms with Crippen LogP contribution in [-0.2, 0) is 0 Å². The van der Waals surface area contributed by atoms with Gasteiger partial charge in [0, 0.05) is 16.7 Å². The van der Waals surface area contributed by atoms with Gasteiger partial charge >= 0.3 is 0 Å². The summed E-state index contributed by atoms with van der Waals surface area (Å²) in [5.41, 5.74) is 0.756. The quantitative estimate of drug-likeness (QED) is 0.663. The Morgan fingerprint density at radius 3 is 2.41 bits per heavy atom. The van der Waals surface area contributed by atoms with Crippen molar-refractivity contribution < 1.29 is 9.72 Å².